The first-order valence-corrected chi connectivity index (χ1v) is 15.9. The van der Waals surface area contributed by atoms with E-state index in [4.69, 9.17) is 16.2 Å². The van der Waals surface area contributed by atoms with Crippen LogP contribution in [0, 0.1) is 23.0 Å². The largest absolute Gasteiger partial charge is 0.506 e. The van der Waals surface area contributed by atoms with Gasteiger partial charge in [-0.25, -0.2) is 18.2 Å². The number of likely N-dealkylation sites (tertiary alicyclic amines) is 1. The van der Waals surface area contributed by atoms with Crippen LogP contribution < -0.4 is 21.5 Å². The van der Waals surface area contributed by atoms with Crippen LogP contribution in [0.15, 0.2) is 42.4 Å². The van der Waals surface area contributed by atoms with Crippen molar-refractivity contribution >= 4 is 49.0 Å². The number of ether oxygens (including phenoxy) is 1. The third kappa shape index (κ3) is 5.73. The molecule has 4 heterocycles. The summed E-state index contributed by atoms with van der Waals surface area (Å²) in [6.07, 6.45) is -3.91. The van der Waals surface area contributed by atoms with Gasteiger partial charge < -0.3 is 26.6 Å². The molecule has 10 nitrogen and oxygen atoms in total. The Bertz CT molecular complexity index is 2240. The van der Waals surface area contributed by atoms with Crippen LogP contribution in [-0.2, 0) is 6.18 Å². The van der Waals surface area contributed by atoms with Gasteiger partial charge in [0.25, 0.3) is 0 Å². The number of aromatic hydroxyl groups is 1. The maximum Gasteiger partial charge on any atom is 0.420 e. The Kier molecular flexibility index (Phi) is 8.87. The van der Waals surface area contributed by atoms with Gasteiger partial charge in [-0.05, 0) is 50.6 Å². The van der Waals surface area contributed by atoms with Crippen LogP contribution in [0.4, 0.5) is 43.0 Å². The smallest absolute Gasteiger partial charge is 0.420 e. The molecule has 1 fully saturated rings. The molecule has 0 bridgehead atoms. The van der Waals surface area contributed by atoms with E-state index in [1.807, 2.05) is 4.90 Å². The van der Waals surface area contributed by atoms with E-state index in [-0.39, 0.29) is 26.5 Å². The van der Waals surface area contributed by atoms with Crippen molar-refractivity contribution in [3.05, 3.63) is 70.7 Å². The van der Waals surface area contributed by atoms with E-state index in [9.17, 15) is 32.3 Å². The summed E-state index contributed by atoms with van der Waals surface area (Å²) in [6.45, 7) is 3.70. The van der Waals surface area contributed by atoms with Crippen LogP contribution >= 0.6 is 11.3 Å². The van der Waals surface area contributed by atoms with Gasteiger partial charge in [0.05, 0.1) is 34.1 Å². The summed E-state index contributed by atoms with van der Waals surface area (Å²) in [5, 5.41) is 22.8. The molecule has 0 unspecified atom stereocenters. The van der Waals surface area contributed by atoms with Crippen molar-refractivity contribution in [2.45, 2.75) is 44.6 Å². The first kappa shape index (κ1) is 34.5. The molecular formula is C33H28F6N8O2S. The van der Waals surface area contributed by atoms with Crippen LogP contribution in [0.2, 0.25) is 0 Å². The average molecular weight is 715 g/mol. The number of anilines is 3. The fraction of sp³-hybridized carbons (Fsp3) is 0.273. The zero-order valence-electron chi connectivity index (χ0n) is 26.5. The number of phenols is 1. The number of nitrogens with one attached hydrogen (secondary N) is 1. The van der Waals surface area contributed by atoms with E-state index < -0.39 is 81.2 Å². The second-order valence-electron chi connectivity index (χ2n) is 11.8. The van der Waals surface area contributed by atoms with Gasteiger partial charge in [0.1, 0.15) is 51.5 Å². The van der Waals surface area contributed by atoms with Gasteiger partial charge >= 0.3 is 12.2 Å². The van der Waals surface area contributed by atoms with Crippen molar-refractivity contribution in [3.8, 4) is 29.0 Å². The third-order valence-corrected chi connectivity index (χ3v) is 9.72. The summed E-state index contributed by atoms with van der Waals surface area (Å²) in [4.78, 5) is 14.2. The number of fused-ring (bicyclic) bond motifs is 2. The lowest BCUT2D eigenvalue weighted by Gasteiger charge is -2.27. The third-order valence-electron chi connectivity index (χ3n) is 8.70. The molecule has 0 spiro atoms. The van der Waals surface area contributed by atoms with Crippen LogP contribution in [0.3, 0.4) is 0 Å². The number of hydrogen-bond acceptors (Lipinski definition) is 11. The molecule has 0 radical (unpaired) electrons. The lowest BCUT2D eigenvalue weighted by molar-refractivity contribution is -0.138. The van der Waals surface area contributed by atoms with Crippen molar-refractivity contribution in [2.24, 2.45) is 0 Å². The highest BCUT2D eigenvalue weighted by molar-refractivity contribution is 7.23. The molecule has 5 aromatic rings. The minimum atomic E-state index is -5.40. The second kappa shape index (κ2) is 12.8. The summed E-state index contributed by atoms with van der Waals surface area (Å²) in [5.74, 6) is -4.30. The van der Waals surface area contributed by atoms with Crippen molar-refractivity contribution in [1.82, 2.24) is 19.9 Å². The minimum Gasteiger partial charge on any atom is -0.506 e. The molecule has 1 aliphatic rings. The maximum atomic E-state index is 17.0. The molecular weight excluding hydrogens is 686 g/mol. The molecule has 260 valence electrons. The molecule has 1 aliphatic heterocycles. The summed E-state index contributed by atoms with van der Waals surface area (Å²) in [6, 6.07) is 4.71. The van der Waals surface area contributed by atoms with Gasteiger partial charge in [0.15, 0.2) is 5.82 Å². The number of hydrogen-bond donors (Lipinski definition) is 4. The number of halogens is 6. The van der Waals surface area contributed by atoms with Gasteiger partial charge in [-0.3, -0.25) is 4.90 Å². The summed E-state index contributed by atoms with van der Waals surface area (Å²) in [5.41, 5.74) is 8.02. The molecule has 3 atom stereocenters. The quantitative estimate of drug-likeness (QED) is 0.125. The number of rotatable bonds is 7. The van der Waals surface area contributed by atoms with Gasteiger partial charge in [0.2, 0.25) is 0 Å². The Morgan fingerprint density at radius 2 is 1.92 bits per heavy atom. The molecule has 6 rings (SSSR count). The first-order chi connectivity index (χ1) is 23.7. The van der Waals surface area contributed by atoms with E-state index in [1.165, 1.54) is 6.20 Å². The standard InChI is InChI=1S/C33H28F6N8O2S/c1-13(16-5-4-9-43-29(16)41)44-31-22-25(45-32(46-31)49-14(2)26-15(11-34)8-10-47(26)3)24(36)21(23(27(22)48)33(37,38)39)17-6-7-19(35)28-20(17)18(12-40)30(42)50-28/h4-7,9,11,13-14,26,48H,8,10,42H2,1-3H3,(H2,41,43)(H,44,45,46)/b15-11-/t13-,14+,26-/m1/s1. The Balaban J connectivity index is 1.66. The lowest BCUT2D eigenvalue weighted by atomic mass is 9.91. The lowest BCUT2D eigenvalue weighted by Crippen LogP contribution is -2.39. The number of thiophene rings is 1. The van der Waals surface area contributed by atoms with Crippen LogP contribution in [0.1, 0.15) is 43.0 Å². The van der Waals surface area contributed by atoms with Crippen LogP contribution in [0.25, 0.3) is 32.1 Å². The number of phenolic OH excluding ortho intramolecular Hbond substituents is 1. The number of pyridine rings is 1. The molecule has 6 N–H and O–H groups in total. The molecule has 0 aliphatic carbocycles. The summed E-state index contributed by atoms with van der Waals surface area (Å²) in [7, 11) is 1.74. The molecule has 50 heavy (non-hydrogen) atoms. The van der Waals surface area contributed by atoms with E-state index in [0.717, 1.165) is 12.1 Å². The predicted molar refractivity (Wildman–Crippen MR) is 177 cm³/mol. The van der Waals surface area contributed by atoms with Crippen molar-refractivity contribution in [3.63, 3.8) is 0 Å². The Hall–Kier alpha value is -5.34. The average Bonchev–Trinajstić information content (AvgIpc) is 3.61. The van der Waals surface area contributed by atoms with Crippen molar-refractivity contribution in [1.29, 1.82) is 5.26 Å². The molecule has 17 heteroatoms. The van der Waals surface area contributed by atoms with Gasteiger partial charge in [-0.15, -0.1) is 11.3 Å². The number of aromatic nitrogens is 3. The number of nitriles is 1. The number of alkyl halides is 3. The topological polar surface area (TPSA) is 159 Å². The Morgan fingerprint density at radius 1 is 1.18 bits per heavy atom. The highest BCUT2D eigenvalue weighted by Crippen LogP contribution is 2.52. The van der Waals surface area contributed by atoms with Gasteiger partial charge in [-0.2, -0.15) is 28.4 Å². The number of benzene rings is 2. The zero-order valence-corrected chi connectivity index (χ0v) is 27.3. The predicted octanol–water partition coefficient (Wildman–Crippen LogP) is 7.44. The fourth-order valence-electron chi connectivity index (χ4n) is 6.45. The SMILES string of the molecule is C[C@H](Oc1nc(N[C@H](C)c2cccnc2N)c2c(O)c(C(F)(F)F)c(-c3ccc(F)c4sc(N)c(C#N)c34)c(F)c2n1)[C@@H]1/C(=C\F)CCN1C. The zero-order chi connectivity index (χ0) is 36.2. The Morgan fingerprint density at radius 3 is 2.58 bits per heavy atom. The number of nitrogens with zero attached hydrogens (tertiary/aromatic N) is 5. The van der Waals surface area contributed by atoms with Crippen LogP contribution in [-0.4, -0.2) is 50.7 Å². The van der Waals surface area contributed by atoms with E-state index in [0.29, 0.717) is 41.8 Å². The number of nitrogen functional groups attached to an aromatic ring is 2. The molecule has 3 aromatic heterocycles. The van der Waals surface area contributed by atoms with Crippen LogP contribution in [0.5, 0.6) is 11.8 Å². The maximum absolute atomic E-state index is 17.0. The van der Waals surface area contributed by atoms with E-state index in [1.54, 1.807) is 39.1 Å². The Labute approximate surface area is 284 Å². The molecule has 0 amide bonds. The molecule has 1 saturated heterocycles. The van der Waals surface area contributed by atoms with Crippen molar-refractivity contribution in [2.75, 3.05) is 30.4 Å². The van der Waals surface area contributed by atoms with E-state index in [2.05, 4.69) is 20.3 Å². The van der Waals surface area contributed by atoms with Crippen molar-refractivity contribution < 1.29 is 36.2 Å². The first-order valence-electron chi connectivity index (χ1n) is 15.0. The fourth-order valence-corrected chi connectivity index (χ4v) is 7.40. The van der Waals surface area contributed by atoms with E-state index >= 15 is 4.39 Å². The number of likely N-dealkylation sites (N-methyl/N-ethyl adjacent to an activating group) is 1. The highest BCUT2D eigenvalue weighted by atomic mass is 32.1. The minimum absolute atomic E-state index is 0.0862. The molecule has 0 saturated carbocycles. The monoisotopic (exact) mass is 714 g/mol. The highest BCUT2D eigenvalue weighted by Gasteiger charge is 2.42. The summed E-state index contributed by atoms with van der Waals surface area (Å²) < 4.78 is 96.3. The van der Waals surface area contributed by atoms with Gasteiger partial charge in [-0.1, -0.05) is 12.1 Å². The molecule has 2 aromatic carbocycles. The van der Waals surface area contributed by atoms with Gasteiger partial charge in [0, 0.05) is 29.3 Å². The second-order valence-corrected chi connectivity index (χ2v) is 12.8. The normalized spacial score (nSPS) is 17.4. The number of nitrogens with two attached hydrogens (primary N) is 2. The summed E-state index contributed by atoms with van der Waals surface area (Å²) >= 11 is 0.605.